The fourth-order valence-corrected chi connectivity index (χ4v) is 3.29. The number of nitrogens with one attached hydrogen (secondary N) is 1. The predicted molar refractivity (Wildman–Crippen MR) is 117 cm³/mol. The molecule has 0 amide bonds. The number of benzene rings is 3. The third kappa shape index (κ3) is 5.97. The molecule has 0 fully saturated rings. The molecule has 0 heterocycles. The average molecular weight is 412 g/mol. The van der Waals surface area contributed by atoms with Gasteiger partial charge in [-0.2, -0.15) is 0 Å². The van der Waals surface area contributed by atoms with Crippen LogP contribution in [0.1, 0.15) is 28.4 Å². The first-order valence-electron chi connectivity index (χ1n) is 9.55. The number of aliphatic hydroxyl groups is 1. The van der Waals surface area contributed by atoms with Crippen molar-refractivity contribution < 1.29 is 14.6 Å². The molecule has 0 saturated heterocycles. The van der Waals surface area contributed by atoms with Crippen molar-refractivity contribution in [2.45, 2.75) is 26.2 Å². The molecule has 0 aromatic heterocycles. The van der Waals surface area contributed by atoms with Crippen LogP contribution >= 0.6 is 11.6 Å². The zero-order valence-corrected chi connectivity index (χ0v) is 17.4. The van der Waals surface area contributed by atoms with Crippen LogP contribution in [0.5, 0.6) is 11.5 Å². The molecule has 152 valence electrons. The molecular formula is C24H26ClNO3. The minimum atomic E-state index is -0.564. The number of aryl methyl sites for hydroxylation is 1. The Hall–Kier alpha value is -2.53. The summed E-state index contributed by atoms with van der Waals surface area (Å²) in [6, 6.07) is 21.5. The van der Waals surface area contributed by atoms with Gasteiger partial charge in [-0.15, -0.1) is 0 Å². The molecule has 1 atom stereocenters. The summed E-state index contributed by atoms with van der Waals surface area (Å²) in [6.45, 7) is 3.46. The van der Waals surface area contributed by atoms with Gasteiger partial charge in [0.2, 0.25) is 0 Å². The van der Waals surface area contributed by atoms with Gasteiger partial charge in [-0.3, -0.25) is 0 Å². The lowest BCUT2D eigenvalue weighted by Crippen LogP contribution is -2.21. The molecule has 5 heteroatoms. The molecule has 0 radical (unpaired) electrons. The SMILES string of the molecule is COc1cc(CNCC(O)c2ccccc2)cc(Cl)c1OCc1ccc(C)cc1. The third-order valence-electron chi connectivity index (χ3n) is 4.64. The van der Waals surface area contributed by atoms with Crippen molar-refractivity contribution >= 4 is 11.6 Å². The summed E-state index contributed by atoms with van der Waals surface area (Å²) in [6.07, 6.45) is -0.564. The van der Waals surface area contributed by atoms with E-state index >= 15 is 0 Å². The Balaban J connectivity index is 1.60. The van der Waals surface area contributed by atoms with Crippen molar-refractivity contribution in [3.05, 3.63) is 94.0 Å². The van der Waals surface area contributed by atoms with Crippen LogP contribution in [0.3, 0.4) is 0 Å². The van der Waals surface area contributed by atoms with Crippen molar-refractivity contribution in [1.29, 1.82) is 0 Å². The van der Waals surface area contributed by atoms with Gasteiger partial charge in [-0.05, 0) is 35.7 Å². The Morgan fingerprint density at radius 1 is 1.00 bits per heavy atom. The molecular weight excluding hydrogens is 386 g/mol. The maximum Gasteiger partial charge on any atom is 0.180 e. The van der Waals surface area contributed by atoms with Crippen molar-refractivity contribution in [3.8, 4) is 11.5 Å². The minimum Gasteiger partial charge on any atom is -0.493 e. The first-order valence-corrected chi connectivity index (χ1v) is 9.93. The van der Waals surface area contributed by atoms with Crippen molar-refractivity contribution in [1.82, 2.24) is 5.32 Å². The monoisotopic (exact) mass is 411 g/mol. The van der Waals surface area contributed by atoms with E-state index in [1.54, 1.807) is 7.11 Å². The van der Waals surface area contributed by atoms with Gasteiger partial charge in [-0.25, -0.2) is 0 Å². The summed E-state index contributed by atoms with van der Waals surface area (Å²) in [4.78, 5) is 0. The second-order valence-electron chi connectivity index (χ2n) is 6.94. The molecule has 0 bridgehead atoms. The fraction of sp³-hybridized carbons (Fsp3) is 0.250. The standard InChI is InChI=1S/C24H26ClNO3/c1-17-8-10-18(11-9-17)16-29-24-21(25)12-19(13-23(24)28-2)14-26-15-22(27)20-6-4-3-5-7-20/h3-13,22,26-27H,14-16H2,1-2H3. The number of aliphatic hydroxyl groups excluding tert-OH is 1. The zero-order valence-electron chi connectivity index (χ0n) is 16.7. The maximum absolute atomic E-state index is 10.3. The fourth-order valence-electron chi connectivity index (χ4n) is 3.00. The Kier molecular flexibility index (Phi) is 7.53. The lowest BCUT2D eigenvalue weighted by atomic mass is 10.1. The topological polar surface area (TPSA) is 50.7 Å². The second-order valence-corrected chi connectivity index (χ2v) is 7.35. The van der Waals surface area contributed by atoms with Gasteiger partial charge in [0.05, 0.1) is 18.2 Å². The van der Waals surface area contributed by atoms with Gasteiger partial charge < -0.3 is 19.9 Å². The molecule has 3 rings (SSSR count). The van der Waals surface area contributed by atoms with Crippen molar-refractivity contribution in [2.75, 3.05) is 13.7 Å². The summed E-state index contributed by atoms with van der Waals surface area (Å²) in [5.74, 6) is 1.12. The highest BCUT2D eigenvalue weighted by atomic mass is 35.5. The molecule has 3 aromatic rings. The number of methoxy groups -OCH3 is 1. The van der Waals surface area contributed by atoms with Gasteiger partial charge in [0.1, 0.15) is 6.61 Å². The quantitative estimate of drug-likeness (QED) is 0.516. The Morgan fingerprint density at radius 3 is 2.41 bits per heavy atom. The predicted octanol–water partition coefficient (Wildman–Crippen LogP) is 5.06. The van der Waals surface area contributed by atoms with Crippen LogP contribution < -0.4 is 14.8 Å². The van der Waals surface area contributed by atoms with Gasteiger partial charge in [0.25, 0.3) is 0 Å². The van der Waals surface area contributed by atoms with E-state index in [1.807, 2.05) is 54.6 Å². The number of rotatable bonds is 9. The second kappa shape index (κ2) is 10.3. The Morgan fingerprint density at radius 2 is 1.72 bits per heavy atom. The molecule has 3 aromatic carbocycles. The highest BCUT2D eigenvalue weighted by Gasteiger charge is 2.13. The molecule has 0 aliphatic carbocycles. The van der Waals surface area contributed by atoms with Crippen LogP contribution in [0.2, 0.25) is 5.02 Å². The molecule has 1 unspecified atom stereocenters. The molecule has 2 N–H and O–H groups in total. The molecule has 4 nitrogen and oxygen atoms in total. The first-order chi connectivity index (χ1) is 14.1. The minimum absolute atomic E-state index is 0.414. The third-order valence-corrected chi connectivity index (χ3v) is 4.92. The number of halogens is 1. The van der Waals surface area contributed by atoms with Gasteiger partial charge in [-0.1, -0.05) is 71.8 Å². The number of ether oxygens (including phenoxy) is 2. The van der Waals surface area contributed by atoms with Crippen molar-refractivity contribution in [2.24, 2.45) is 0 Å². The van der Waals surface area contributed by atoms with Crippen molar-refractivity contribution in [3.63, 3.8) is 0 Å². The molecule has 0 saturated carbocycles. The lowest BCUT2D eigenvalue weighted by molar-refractivity contribution is 0.174. The summed E-state index contributed by atoms with van der Waals surface area (Å²) in [5, 5.41) is 14.0. The summed E-state index contributed by atoms with van der Waals surface area (Å²) in [5.41, 5.74) is 4.11. The Labute approximate surface area is 177 Å². The number of hydrogen-bond donors (Lipinski definition) is 2. The van der Waals surface area contributed by atoms with E-state index in [0.29, 0.717) is 36.2 Å². The molecule has 0 aliphatic rings. The van der Waals surface area contributed by atoms with E-state index in [-0.39, 0.29) is 0 Å². The number of hydrogen-bond acceptors (Lipinski definition) is 4. The van der Waals surface area contributed by atoms with Crippen LogP contribution in [-0.4, -0.2) is 18.8 Å². The summed E-state index contributed by atoms with van der Waals surface area (Å²) < 4.78 is 11.4. The highest BCUT2D eigenvalue weighted by molar-refractivity contribution is 6.32. The largest absolute Gasteiger partial charge is 0.493 e. The van der Waals surface area contributed by atoms with E-state index in [9.17, 15) is 5.11 Å². The summed E-state index contributed by atoms with van der Waals surface area (Å²) in [7, 11) is 1.60. The highest BCUT2D eigenvalue weighted by Crippen LogP contribution is 2.37. The van der Waals surface area contributed by atoms with Crippen LogP contribution in [0, 0.1) is 6.92 Å². The van der Waals surface area contributed by atoms with E-state index in [2.05, 4.69) is 24.4 Å². The molecule has 29 heavy (non-hydrogen) atoms. The van der Waals surface area contributed by atoms with Gasteiger partial charge in [0.15, 0.2) is 11.5 Å². The molecule has 0 spiro atoms. The average Bonchev–Trinajstić information content (AvgIpc) is 2.74. The van der Waals surface area contributed by atoms with E-state index in [0.717, 1.165) is 16.7 Å². The normalized spacial score (nSPS) is 11.9. The van der Waals surface area contributed by atoms with Crippen LogP contribution in [0.25, 0.3) is 0 Å². The smallest absolute Gasteiger partial charge is 0.180 e. The van der Waals surface area contributed by atoms with Crippen LogP contribution in [0.15, 0.2) is 66.7 Å². The zero-order chi connectivity index (χ0) is 20.6. The Bertz CT molecular complexity index is 913. The van der Waals surface area contributed by atoms with Crippen LogP contribution in [0.4, 0.5) is 0 Å². The van der Waals surface area contributed by atoms with Crippen LogP contribution in [-0.2, 0) is 13.2 Å². The lowest BCUT2D eigenvalue weighted by Gasteiger charge is -2.16. The molecule has 0 aliphatic heterocycles. The van der Waals surface area contributed by atoms with Gasteiger partial charge >= 0.3 is 0 Å². The first kappa shape index (κ1) is 21.2. The van der Waals surface area contributed by atoms with E-state index < -0.39 is 6.10 Å². The van der Waals surface area contributed by atoms with E-state index in [4.69, 9.17) is 21.1 Å². The maximum atomic E-state index is 10.3. The summed E-state index contributed by atoms with van der Waals surface area (Å²) >= 11 is 6.46. The van der Waals surface area contributed by atoms with E-state index in [1.165, 1.54) is 5.56 Å². The van der Waals surface area contributed by atoms with Gasteiger partial charge in [0, 0.05) is 13.1 Å².